The number of aromatic nitrogens is 3. The molecule has 0 aliphatic carbocycles. The number of hydrogen-bond acceptors (Lipinski definition) is 3. The summed E-state index contributed by atoms with van der Waals surface area (Å²) in [5, 5.41) is 10.2. The molecule has 3 heterocycles. The highest BCUT2D eigenvalue weighted by molar-refractivity contribution is 7.26. The van der Waals surface area contributed by atoms with E-state index in [4.69, 9.17) is 9.97 Å². The average molecular weight is 680 g/mol. The van der Waals surface area contributed by atoms with Crippen LogP contribution >= 0.6 is 11.3 Å². The third kappa shape index (κ3) is 4.65. The van der Waals surface area contributed by atoms with Crippen LogP contribution in [0.15, 0.2) is 176 Å². The summed E-state index contributed by atoms with van der Waals surface area (Å²) >= 11 is 1.88. The normalized spacial score (nSPS) is 11.8. The molecule has 0 spiro atoms. The van der Waals surface area contributed by atoms with Crippen LogP contribution in [0, 0.1) is 0 Å². The first-order valence-electron chi connectivity index (χ1n) is 17.6. The molecule has 0 aliphatic rings. The van der Waals surface area contributed by atoms with E-state index < -0.39 is 0 Å². The molecule has 0 unspecified atom stereocenters. The molecule has 0 atom stereocenters. The molecule has 0 amide bonds. The van der Waals surface area contributed by atoms with Gasteiger partial charge in [-0.3, -0.25) is 0 Å². The molecule has 52 heavy (non-hydrogen) atoms. The van der Waals surface area contributed by atoms with Gasteiger partial charge in [-0.2, -0.15) is 0 Å². The van der Waals surface area contributed by atoms with E-state index in [2.05, 4.69) is 168 Å². The lowest BCUT2D eigenvalue weighted by Crippen LogP contribution is -1.97. The fraction of sp³-hybridized carbons (Fsp3) is 0. The molecule has 0 fully saturated rings. The zero-order valence-corrected chi connectivity index (χ0v) is 28.8. The minimum Gasteiger partial charge on any atom is -0.309 e. The van der Waals surface area contributed by atoms with Gasteiger partial charge < -0.3 is 4.57 Å². The maximum absolute atomic E-state index is 5.08. The van der Waals surface area contributed by atoms with E-state index in [9.17, 15) is 0 Å². The van der Waals surface area contributed by atoms with E-state index in [0.717, 1.165) is 33.8 Å². The molecule has 4 heteroatoms. The number of rotatable bonds is 4. The van der Waals surface area contributed by atoms with Gasteiger partial charge in [0.1, 0.15) is 0 Å². The smallest absolute Gasteiger partial charge is 0.160 e. The second kappa shape index (κ2) is 11.5. The van der Waals surface area contributed by atoms with Gasteiger partial charge in [-0.15, -0.1) is 11.3 Å². The zero-order chi connectivity index (χ0) is 34.2. The van der Waals surface area contributed by atoms with Gasteiger partial charge in [0.15, 0.2) is 5.82 Å². The van der Waals surface area contributed by atoms with Crippen molar-refractivity contribution in [2.24, 2.45) is 0 Å². The standard InChI is InChI=1S/C48H29N3S/c1-3-11-30(12-4-1)42-28-43(31-13-5-2-6-14-31)50-48(49-42)32-19-21-37(22-20-32)51-44-25-35-17-9-7-15-33(35)23-38(44)39-27-41-40-24-34-16-8-10-18-36(34)26-46(40)52-47(41)29-45(39)51/h1-29H. The fourth-order valence-corrected chi connectivity index (χ4v) is 8.94. The molecule has 0 N–H and O–H groups in total. The van der Waals surface area contributed by atoms with Gasteiger partial charge in [0.25, 0.3) is 0 Å². The Hall–Kier alpha value is -6.62. The first kappa shape index (κ1) is 29.1. The molecule has 242 valence electrons. The highest BCUT2D eigenvalue weighted by Gasteiger charge is 2.18. The SMILES string of the molecule is c1ccc(-c2cc(-c3ccccc3)nc(-c3ccc(-n4c5cc6ccccc6cc5c5cc6c(cc54)sc4cc5ccccc5cc46)cc3)n2)cc1. The Morgan fingerprint density at radius 3 is 1.48 bits per heavy atom. The van der Waals surface area contributed by atoms with Crippen molar-refractivity contribution in [3.8, 4) is 39.6 Å². The van der Waals surface area contributed by atoms with Gasteiger partial charge in [-0.05, 0) is 88.3 Å². The summed E-state index contributed by atoms with van der Waals surface area (Å²) in [7, 11) is 0. The predicted molar refractivity (Wildman–Crippen MR) is 221 cm³/mol. The van der Waals surface area contributed by atoms with Crippen LogP contribution in [0.3, 0.4) is 0 Å². The monoisotopic (exact) mass is 679 g/mol. The van der Waals surface area contributed by atoms with Crippen molar-refractivity contribution >= 4 is 74.9 Å². The highest BCUT2D eigenvalue weighted by atomic mass is 32.1. The number of hydrogen-bond donors (Lipinski definition) is 0. The van der Waals surface area contributed by atoms with Gasteiger partial charge in [0, 0.05) is 53.3 Å². The molecule has 8 aromatic carbocycles. The first-order valence-corrected chi connectivity index (χ1v) is 18.4. The summed E-state index contributed by atoms with van der Waals surface area (Å²) in [6.07, 6.45) is 0. The molecular formula is C48H29N3S. The van der Waals surface area contributed by atoms with Gasteiger partial charge >= 0.3 is 0 Å². The van der Waals surface area contributed by atoms with E-state index in [-0.39, 0.29) is 0 Å². The molecule has 0 saturated carbocycles. The minimum atomic E-state index is 0.708. The topological polar surface area (TPSA) is 30.7 Å². The van der Waals surface area contributed by atoms with Crippen molar-refractivity contribution in [2.45, 2.75) is 0 Å². The predicted octanol–water partition coefficient (Wildman–Crippen LogP) is 13.2. The maximum Gasteiger partial charge on any atom is 0.160 e. The molecule has 11 aromatic rings. The highest BCUT2D eigenvalue weighted by Crippen LogP contribution is 2.43. The Morgan fingerprint density at radius 1 is 0.365 bits per heavy atom. The lowest BCUT2D eigenvalue weighted by Gasteiger charge is -2.11. The van der Waals surface area contributed by atoms with E-state index in [1.807, 2.05) is 23.5 Å². The van der Waals surface area contributed by atoms with E-state index >= 15 is 0 Å². The number of thiophene rings is 1. The number of benzene rings is 8. The summed E-state index contributed by atoms with van der Waals surface area (Å²) in [4.78, 5) is 10.2. The number of fused-ring (bicyclic) bond motifs is 8. The van der Waals surface area contributed by atoms with E-state index in [1.54, 1.807) is 0 Å². The van der Waals surface area contributed by atoms with Crippen molar-refractivity contribution < 1.29 is 0 Å². The molecule has 0 saturated heterocycles. The zero-order valence-electron chi connectivity index (χ0n) is 28.0. The summed E-state index contributed by atoms with van der Waals surface area (Å²) in [5.74, 6) is 0.708. The maximum atomic E-state index is 5.08. The molecule has 0 aliphatic heterocycles. The summed E-state index contributed by atoms with van der Waals surface area (Å²) < 4.78 is 5.04. The molecular weight excluding hydrogens is 651 g/mol. The summed E-state index contributed by atoms with van der Waals surface area (Å²) in [5.41, 5.74) is 8.43. The molecule has 0 radical (unpaired) electrons. The van der Waals surface area contributed by atoms with Crippen LogP contribution < -0.4 is 0 Å². The van der Waals surface area contributed by atoms with Crippen LogP contribution in [-0.4, -0.2) is 14.5 Å². The van der Waals surface area contributed by atoms with E-state index in [1.165, 1.54) is 63.5 Å². The first-order chi connectivity index (χ1) is 25.7. The Bertz CT molecular complexity index is 3100. The van der Waals surface area contributed by atoms with E-state index in [0.29, 0.717) is 5.82 Å². The lowest BCUT2D eigenvalue weighted by atomic mass is 10.0. The Labute approximate surface area is 303 Å². The van der Waals surface area contributed by atoms with Crippen LogP contribution in [0.25, 0.3) is 103 Å². The van der Waals surface area contributed by atoms with Crippen molar-refractivity contribution in [3.63, 3.8) is 0 Å². The van der Waals surface area contributed by atoms with Crippen molar-refractivity contribution in [1.82, 2.24) is 14.5 Å². The second-order valence-electron chi connectivity index (χ2n) is 13.5. The second-order valence-corrected chi connectivity index (χ2v) is 14.5. The van der Waals surface area contributed by atoms with Gasteiger partial charge in [-0.1, -0.05) is 109 Å². The van der Waals surface area contributed by atoms with Crippen LogP contribution in [0.2, 0.25) is 0 Å². The van der Waals surface area contributed by atoms with Crippen molar-refractivity contribution in [2.75, 3.05) is 0 Å². The third-order valence-electron chi connectivity index (χ3n) is 10.3. The average Bonchev–Trinajstić information content (AvgIpc) is 3.71. The molecule has 3 nitrogen and oxygen atoms in total. The quantitative estimate of drug-likeness (QED) is 0.185. The Balaban J connectivity index is 1.12. The molecule has 3 aromatic heterocycles. The minimum absolute atomic E-state index is 0.708. The largest absolute Gasteiger partial charge is 0.309 e. The van der Waals surface area contributed by atoms with Crippen LogP contribution in [0.5, 0.6) is 0 Å². The fourth-order valence-electron chi connectivity index (χ4n) is 7.78. The van der Waals surface area contributed by atoms with Crippen LogP contribution in [-0.2, 0) is 0 Å². The Morgan fingerprint density at radius 2 is 0.846 bits per heavy atom. The van der Waals surface area contributed by atoms with Crippen molar-refractivity contribution in [1.29, 1.82) is 0 Å². The number of nitrogens with zero attached hydrogens (tertiary/aromatic N) is 3. The van der Waals surface area contributed by atoms with Gasteiger partial charge in [0.2, 0.25) is 0 Å². The summed E-state index contributed by atoms with van der Waals surface area (Å²) in [6.45, 7) is 0. The molecule has 0 bridgehead atoms. The van der Waals surface area contributed by atoms with Crippen LogP contribution in [0.1, 0.15) is 0 Å². The summed E-state index contributed by atoms with van der Waals surface area (Å²) in [6, 6.07) is 63.1. The van der Waals surface area contributed by atoms with Crippen molar-refractivity contribution in [3.05, 3.63) is 176 Å². The third-order valence-corrected chi connectivity index (χ3v) is 11.5. The van der Waals surface area contributed by atoms with Gasteiger partial charge in [-0.25, -0.2) is 9.97 Å². The lowest BCUT2D eigenvalue weighted by molar-refractivity contribution is 1.16. The van der Waals surface area contributed by atoms with Crippen LogP contribution in [0.4, 0.5) is 0 Å². The van der Waals surface area contributed by atoms with Gasteiger partial charge in [0.05, 0.1) is 22.4 Å². The molecule has 11 rings (SSSR count). The Kier molecular flexibility index (Phi) is 6.42.